The van der Waals surface area contributed by atoms with Crippen LogP contribution in [0.5, 0.6) is 0 Å². The molecule has 0 atom stereocenters. The van der Waals surface area contributed by atoms with Crippen LogP contribution in [0.1, 0.15) is 28.8 Å². The van der Waals surface area contributed by atoms with Crippen molar-refractivity contribution in [1.29, 1.82) is 0 Å². The number of anilines is 1. The first-order valence-corrected chi connectivity index (χ1v) is 7.26. The fraction of sp³-hybridized carbons (Fsp3) is 0.533. The number of piperidine rings is 1. The monoisotopic (exact) mass is 291 g/mol. The van der Waals surface area contributed by atoms with Gasteiger partial charge in [-0.2, -0.15) is 0 Å². The molecule has 0 saturated carbocycles. The van der Waals surface area contributed by atoms with Crippen molar-refractivity contribution in [1.82, 2.24) is 4.90 Å². The van der Waals surface area contributed by atoms with Crippen molar-refractivity contribution >= 4 is 11.6 Å². The molecule has 4 N–H and O–H groups in total. The van der Waals surface area contributed by atoms with Crippen LogP contribution in [0.25, 0.3) is 0 Å². The quantitative estimate of drug-likeness (QED) is 0.800. The van der Waals surface area contributed by atoms with E-state index < -0.39 is 5.91 Å². The summed E-state index contributed by atoms with van der Waals surface area (Å²) in [4.78, 5) is 13.5. The Morgan fingerprint density at radius 1 is 1.24 bits per heavy atom. The Labute approximate surface area is 124 Å². The molecule has 1 amide bonds. The summed E-state index contributed by atoms with van der Waals surface area (Å²) < 4.78 is 11.4. The van der Waals surface area contributed by atoms with Gasteiger partial charge >= 0.3 is 0 Å². The minimum Gasteiger partial charge on any atom is -0.398 e. The average molecular weight is 291 g/mol. The van der Waals surface area contributed by atoms with E-state index in [1.165, 1.54) is 0 Å². The van der Waals surface area contributed by atoms with Crippen molar-refractivity contribution in [3.8, 4) is 0 Å². The molecule has 2 aliphatic heterocycles. The van der Waals surface area contributed by atoms with Crippen molar-refractivity contribution in [2.75, 3.05) is 32.0 Å². The zero-order valence-corrected chi connectivity index (χ0v) is 12.0. The van der Waals surface area contributed by atoms with Crippen LogP contribution in [0.15, 0.2) is 18.2 Å². The number of amides is 1. The minimum atomic E-state index is -0.455. The van der Waals surface area contributed by atoms with Gasteiger partial charge in [0.2, 0.25) is 5.91 Å². The molecule has 21 heavy (non-hydrogen) atoms. The fourth-order valence-corrected chi connectivity index (χ4v) is 2.97. The highest BCUT2D eigenvalue weighted by atomic mass is 16.7. The molecule has 6 heteroatoms. The van der Waals surface area contributed by atoms with E-state index in [1.807, 2.05) is 6.07 Å². The maximum absolute atomic E-state index is 11.1. The molecule has 2 fully saturated rings. The lowest BCUT2D eigenvalue weighted by atomic mass is 10.0. The summed E-state index contributed by atoms with van der Waals surface area (Å²) in [5.41, 5.74) is 13.3. The van der Waals surface area contributed by atoms with Crippen LogP contribution in [0.3, 0.4) is 0 Å². The molecular weight excluding hydrogens is 270 g/mol. The number of nitrogens with zero attached hydrogens (tertiary/aromatic N) is 1. The van der Waals surface area contributed by atoms with Crippen molar-refractivity contribution in [3.05, 3.63) is 29.3 Å². The second kappa shape index (κ2) is 5.63. The Morgan fingerprint density at radius 3 is 2.48 bits per heavy atom. The van der Waals surface area contributed by atoms with Gasteiger partial charge in [-0.15, -0.1) is 0 Å². The van der Waals surface area contributed by atoms with Crippen LogP contribution in [-0.4, -0.2) is 42.9 Å². The third-order valence-corrected chi connectivity index (χ3v) is 4.26. The summed E-state index contributed by atoms with van der Waals surface area (Å²) in [5.74, 6) is -0.804. The zero-order chi connectivity index (χ0) is 14.9. The standard InChI is InChI=1S/C15H21N3O3/c16-13-9-11(14(17)19)1-2-12(13)10-18-5-3-15(4-6-18)20-7-8-21-15/h1-2,9H,3-8,10,16H2,(H2,17,19). The van der Waals surface area contributed by atoms with Gasteiger partial charge in [-0.1, -0.05) is 6.07 Å². The van der Waals surface area contributed by atoms with E-state index in [0.29, 0.717) is 24.5 Å². The normalized spacial score (nSPS) is 21.7. The summed E-state index contributed by atoms with van der Waals surface area (Å²) in [5, 5.41) is 0. The van der Waals surface area contributed by atoms with E-state index in [0.717, 1.165) is 38.0 Å². The summed E-state index contributed by atoms with van der Waals surface area (Å²) in [6, 6.07) is 5.25. The van der Waals surface area contributed by atoms with Crippen LogP contribution in [0.4, 0.5) is 5.69 Å². The molecular formula is C15H21N3O3. The van der Waals surface area contributed by atoms with E-state index >= 15 is 0 Å². The number of hydrogen-bond acceptors (Lipinski definition) is 5. The van der Waals surface area contributed by atoms with Crippen molar-refractivity contribution < 1.29 is 14.3 Å². The van der Waals surface area contributed by atoms with E-state index in [-0.39, 0.29) is 5.79 Å². The van der Waals surface area contributed by atoms with Gasteiger partial charge in [-0.05, 0) is 17.7 Å². The number of benzene rings is 1. The number of ether oxygens (including phenoxy) is 2. The largest absolute Gasteiger partial charge is 0.398 e. The van der Waals surface area contributed by atoms with E-state index in [1.54, 1.807) is 12.1 Å². The third kappa shape index (κ3) is 3.02. The highest BCUT2D eigenvalue weighted by molar-refractivity contribution is 5.93. The van der Waals surface area contributed by atoms with Gasteiger partial charge in [0.25, 0.3) is 0 Å². The molecule has 0 radical (unpaired) electrons. The second-order valence-corrected chi connectivity index (χ2v) is 5.66. The van der Waals surface area contributed by atoms with Crippen molar-refractivity contribution in [2.24, 2.45) is 5.73 Å². The lowest BCUT2D eigenvalue weighted by molar-refractivity contribution is -0.185. The van der Waals surface area contributed by atoms with Crippen LogP contribution < -0.4 is 11.5 Å². The third-order valence-electron chi connectivity index (χ3n) is 4.26. The Balaban J connectivity index is 1.61. The molecule has 1 spiro atoms. The van der Waals surface area contributed by atoms with Crippen LogP contribution in [-0.2, 0) is 16.0 Å². The van der Waals surface area contributed by atoms with Crippen LogP contribution >= 0.6 is 0 Å². The second-order valence-electron chi connectivity index (χ2n) is 5.66. The Bertz CT molecular complexity index is 531. The van der Waals surface area contributed by atoms with Crippen LogP contribution in [0.2, 0.25) is 0 Å². The van der Waals surface area contributed by atoms with E-state index in [2.05, 4.69) is 4.90 Å². The number of primary amides is 1. The van der Waals surface area contributed by atoms with Crippen molar-refractivity contribution in [2.45, 2.75) is 25.2 Å². The summed E-state index contributed by atoms with van der Waals surface area (Å²) in [6.07, 6.45) is 1.76. The number of carbonyl (C=O) groups is 1. The van der Waals surface area contributed by atoms with E-state index in [9.17, 15) is 4.79 Å². The molecule has 3 rings (SSSR count). The molecule has 2 saturated heterocycles. The van der Waals surface area contributed by atoms with Crippen LogP contribution in [0, 0.1) is 0 Å². The minimum absolute atomic E-state index is 0.349. The Kier molecular flexibility index (Phi) is 3.84. The molecule has 0 aromatic heterocycles. The smallest absolute Gasteiger partial charge is 0.248 e. The van der Waals surface area contributed by atoms with Crippen molar-refractivity contribution in [3.63, 3.8) is 0 Å². The number of nitrogen functional groups attached to an aromatic ring is 1. The predicted octanol–water partition coefficient (Wildman–Crippen LogP) is 0.707. The number of hydrogen-bond donors (Lipinski definition) is 2. The van der Waals surface area contributed by atoms with Gasteiger partial charge in [0.15, 0.2) is 5.79 Å². The molecule has 1 aromatic rings. The van der Waals surface area contributed by atoms with Gasteiger partial charge in [-0.3, -0.25) is 9.69 Å². The summed E-state index contributed by atoms with van der Waals surface area (Å²) in [6.45, 7) is 3.98. The molecule has 1 aromatic carbocycles. The highest BCUT2D eigenvalue weighted by Crippen LogP contribution is 2.32. The summed E-state index contributed by atoms with van der Waals surface area (Å²) in [7, 11) is 0. The molecule has 0 aliphatic carbocycles. The lowest BCUT2D eigenvalue weighted by Crippen LogP contribution is -2.44. The highest BCUT2D eigenvalue weighted by Gasteiger charge is 2.39. The topological polar surface area (TPSA) is 90.8 Å². The molecule has 114 valence electrons. The Hall–Kier alpha value is -1.63. The zero-order valence-electron chi connectivity index (χ0n) is 12.0. The van der Waals surface area contributed by atoms with Gasteiger partial charge < -0.3 is 20.9 Å². The Morgan fingerprint density at radius 2 is 1.90 bits per heavy atom. The molecule has 0 unspecified atom stereocenters. The average Bonchev–Trinajstić information content (AvgIpc) is 2.92. The lowest BCUT2D eigenvalue weighted by Gasteiger charge is -2.37. The van der Waals surface area contributed by atoms with Gasteiger partial charge in [-0.25, -0.2) is 0 Å². The SMILES string of the molecule is NC(=O)c1ccc(CN2CCC3(CC2)OCCO3)c(N)c1. The van der Waals surface area contributed by atoms with Gasteiger partial charge in [0.05, 0.1) is 13.2 Å². The van der Waals surface area contributed by atoms with Gasteiger partial charge in [0, 0.05) is 43.7 Å². The molecule has 0 bridgehead atoms. The maximum Gasteiger partial charge on any atom is 0.248 e. The number of likely N-dealkylation sites (tertiary alicyclic amines) is 1. The molecule has 2 heterocycles. The predicted molar refractivity (Wildman–Crippen MR) is 78.5 cm³/mol. The fourth-order valence-electron chi connectivity index (χ4n) is 2.97. The molecule has 2 aliphatic rings. The first-order chi connectivity index (χ1) is 10.1. The molecule has 6 nitrogen and oxygen atoms in total. The van der Waals surface area contributed by atoms with Gasteiger partial charge in [0.1, 0.15) is 0 Å². The van der Waals surface area contributed by atoms with E-state index in [4.69, 9.17) is 20.9 Å². The first-order valence-electron chi connectivity index (χ1n) is 7.26. The number of rotatable bonds is 3. The summed E-state index contributed by atoms with van der Waals surface area (Å²) >= 11 is 0. The number of carbonyl (C=O) groups excluding carboxylic acids is 1. The first kappa shape index (κ1) is 14.3. The number of nitrogens with two attached hydrogens (primary N) is 2. The maximum atomic E-state index is 11.1.